The molecule has 0 saturated carbocycles. The SMILES string of the molecule is O=C(NCc1ccccc1F)c1ccc(Nc2ccc(N3CCCC3)cc2)nn1. The molecule has 1 saturated heterocycles. The standard InChI is InChI=1S/C22H22FN5O/c23-19-6-2-1-5-16(19)15-24-22(29)20-11-12-21(27-26-20)25-17-7-9-18(10-8-17)28-13-3-4-14-28/h1-2,5-12H,3-4,13-15H2,(H,24,29)(H,25,27). The fourth-order valence-electron chi connectivity index (χ4n) is 3.31. The maximum absolute atomic E-state index is 13.6. The van der Waals surface area contributed by atoms with Gasteiger partial charge in [-0.05, 0) is 55.3 Å². The van der Waals surface area contributed by atoms with E-state index in [0.717, 1.165) is 18.8 Å². The van der Waals surface area contributed by atoms with Crippen LogP contribution in [0.15, 0.2) is 60.7 Å². The number of hydrogen-bond acceptors (Lipinski definition) is 5. The van der Waals surface area contributed by atoms with Crippen molar-refractivity contribution in [2.75, 3.05) is 23.3 Å². The van der Waals surface area contributed by atoms with Gasteiger partial charge in [0.25, 0.3) is 5.91 Å². The number of hydrogen-bond donors (Lipinski definition) is 2. The van der Waals surface area contributed by atoms with Crippen LogP contribution in [0.4, 0.5) is 21.6 Å². The Labute approximate surface area is 168 Å². The van der Waals surface area contributed by atoms with Crippen molar-refractivity contribution in [2.24, 2.45) is 0 Å². The number of carbonyl (C=O) groups is 1. The second-order valence-corrected chi connectivity index (χ2v) is 6.94. The minimum absolute atomic E-state index is 0.0938. The van der Waals surface area contributed by atoms with E-state index in [1.165, 1.54) is 24.6 Å². The van der Waals surface area contributed by atoms with Crippen LogP contribution in [-0.4, -0.2) is 29.2 Å². The number of rotatable bonds is 6. The summed E-state index contributed by atoms with van der Waals surface area (Å²) in [6, 6.07) is 17.8. The van der Waals surface area contributed by atoms with Gasteiger partial charge in [0, 0.05) is 36.6 Å². The molecule has 3 aromatic rings. The van der Waals surface area contributed by atoms with Crippen molar-refractivity contribution in [3.8, 4) is 0 Å². The van der Waals surface area contributed by atoms with Crippen molar-refractivity contribution >= 4 is 23.1 Å². The Bertz CT molecular complexity index is 969. The summed E-state index contributed by atoms with van der Waals surface area (Å²) < 4.78 is 13.6. The van der Waals surface area contributed by atoms with Gasteiger partial charge in [-0.3, -0.25) is 4.79 Å². The van der Waals surface area contributed by atoms with Crippen molar-refractivity contribution in [2.45, 2.75) is 19.4 Å². The maximum Gasteiger partial charge on any atom is 0.272 e. The highest BCUT2D eigenvalue weighted by atomic mass is 19.1. The molecule has 2 heterocycles. The first kappa shape index (κ1) is 18.9. The number of aromatic nitrogens is 2. The first-order valence-corrected chi connectivity index (χ1v) is 9.66. The molecule has 0 radical (unpaired) electrons. The number of anilines is 3. The summed E-state index contributed by atoms with van der Waals surface area (Å²) in [6.07, 6.45) is 2.49. The third-order valence-electron chi connectivity index (χ3n) is 4.91. The Balaban J connectivity index is 1.33. The Kier molecular flexibility index (Phi) is 5.65. The van der Waals surface area contributed by atoms with Crippen molar-refractivity contribution in [1.82, 2.24) is 15.5 Å². The lowest BCUT2D eigenvalue weighted by Crippen LogP contribution is -2.24. The maximum atomic E-state index is 13.6. The van der Waals surface area contributed by atoms with Crippen molar-refractivity contribution < 1.29 is 9.18 Å². The van der Waals surface area contributed by atoms with Crippen LogP contribution in [0, 0.1) is 5.82 Å². The molecule has 0 unspecified atom stereocenters. The fraction of sp³-hybridized carbons (Fsp3) is 0.227. The average molecular weight is 391 g/mol. The van der Waals surface area contributed by atoms with Crippen LogP contribution in [0.1, 0.15) is 28.9 Å². The molecule has 0 atom stereocenters. The number of nitrogens with zero attached hydrogens (tertiary/aromatic N) is 3. The molecule has 1 fully saturated rings. The molecule has 0 aliphatic carbocycles. The quantitative estimate of drug-likeness (QED) is 0.667. The molecule has 0 spiro atoms. The zero-order chi connectivity index (χ0) is 20.1. The van der Waals surface area contributed by atoms with E-state index in [-0.39, 0.29) is 18.1 Å². The lowest BCUT2D eigenvalue weighted by Gasteiger charge is -2.17. The minimum atomic E-state index is -0.401. The predicted octanol–water partition coefficient (Wildman–Crippen LogP) is 3.89. The van der Waals surface area contributed by atoms with Crippen LogP contribution >= 0.6 is 0 Å². The predicted molar refractivity (Wildman–Crippen MR) is 111 cm³/mol. The number of amides is 1. The van der Waals surface area contributed by atoms with Gasteiger partial charge in [-0.25, -0.2) is 4.39 Å². The van der Waals surface area contributed by atoms with E-state index >= 15 is 0 Å². The number of carbonyl (C=O) groups excluding carboxylic acids is 1. The van der Waals surface area contributed by atoms with Crippen LogP contribution in [0.25, 0.3) is 0 Å². The summed E-state index contributed by atoms with van der Waals surface area (Å²) in [4.78, 5) is 14.6. The summed E-state index contributed by atoms with van der Waals surface area (Å²) in [5, 5.41) is 13.9. The molecule has 1 aliphatic heterocycles. The molecular formula is C22H22FN5O. The first-order chi connectivity index (χ1) is 14.2. The molecule has 2 N–H and O–H groups in total. The monoisotopic (exact) mass is 391 g/mol. The van der Waals surface area contributed by atoms with Crippen LogP contribution in [0.2, 0.25) is 0 Å². The van der Waals surface area contributed by atoms with E-state index in [9.17, 15) is 9.18 Å². The molecule has 1 amide bonds. The van der Waals surface area contributed by atoms with E-state index in [2.05, 4.69) is 37.9 Å². The summed E-state index contributed by atoms with van der Waals surface area (Å²) in [5.41, 5.74) is 2.72. The number of nitrogens with one attached hydrogen (secondary N) is 2. The fourth-order valence-corrected chi connectivity index (χ4v) is 3.31. The van der Waals surface area contributed by atoms with Gasteiger partial charge >= 0.3 is 0 Å². The second kappa shape index (κ2) is 8.68. The zero-order valence-electron chi connectivity index (χ0n) is 15.9. The lowest BCUT2D eigenvalue weighted by atomic mass is 10.2. The zero-order valence-corrected chi connectivity index (χ0v) is 15.9. The third-order valence-corrected chi connectivity index (χ3v) is 4.91. The third kappa shape index (κ3) is 4.68. The Hall–Kier alpha value is -3.48. The van der Waals surface area contributed by atoms with E-state index in [0.29, 0.717) is 11.4 Å². The lowest BCUT2D eigenvalue weighted by molar-refractivity contribution is 0.0944. The summed E-state index contributed by atoms with van der Waals surface area (Å²) >= 11 is 0. The highest BCUT2D eigenvalue weighted by Crippen LogP contribution is 2.23. The Morgan fingerprint density at radius 1 is 0.966 bits per heavy atom. The summed E-state index contributed by atoms with van der Waals surface area (Å²) in [6.45, 7) is 2.31. The normalized spacial score (nSPS) is 13.3. The van der Waals surface area contributed by atoms with Gasteiger partial charge in [-0.15, -0.1) is 10.2 Å². The Morgan fingerprint density at radius 3 is 2.41 bits per heavy atom. The van der Waals surface area contributed by atoms with Crippen LogP contribution < -0.4 is 15.5 Å². The summed E-state index contributed by atoms with van der Waals surface area (Å²) in [7, 11) is 0. The Morgan fingerprint density at radius 2 is 1.72 bits per heavy atom. The molecule has 0 bridgehead atoms. The van der Waals surface area contributed by atoms with Gasteiger partial charge in [0.05, 0.1) is 0 Å². The van der Waals surface area contributed by atoms with Gasteiger partial charge in [0.15, 0.2) is 11.5 Å². The van der Waals surface area contributed by atoms with Gasteiger partial charge in [0.1, 0.15) is 5.82 Å². The molecular weight excluding hydrogens is 369 g/mol. The highest BCUT2D eigenvalue weighted by molar-refractivity contribution is 5.92. The number of benzene rings is 2. The van der Waals surface area contributed by atoms with Gasteiger partial charge in [-0.2, -0.15) is 0 Å². The molecule has 7 heteroatoms. The first-order valence-electron chi connectivity index (χ1n) is 9.66. The van der Waals surface area contributed by atoms with E-state index in [1.807, 2.05) is 12.1 Å². The van der Waals surface area contributed by atoms with Crippen LogP contribution in [-0.2, 0) is 6.54 Å². The molecule has 148 valence electrons. The minimum Gasteiger partial charge on any atom is -0.372 e. The second-order valence-electron chi connectivity index (χ2n) is 6.94. The smallest absolute Gasteiger partial charge is 0.272 e. The van der Waals surface area contributed by atoms with Gasteiger partial charge in [-0.1, -0.05) is 18.2 Å². The van der Waals surface area contributed by atoms with E-state index in [1.54, 1.807) is 30.3 Å². The van der Waals surface area contributed by atoms with Crippen molar-refractivity contribution in [3.63, 3.8) is 0 Å². The molecule has 1 aromatic heterocycles. The van der Waals surface area contributed by atoms with E-state index in [4.69, 9.17) is 0 Å². The molecule has 29 heavy (non-hydrogen) atoms. The van der Waals surface area contributed by atoms with Crippen LogP contribution in [0.5, 0.6) is 0 Å². The largest absolute Gasteiger partial charge is 0.372 e. The molecule has 6 nitrogen and oxygen atoms in total. The van der Waals surface area contributed by atoms with Gasteiger partial charge in [0.2, 0.25) is 0 Å². The topological polar surface area (TPSA) is 70.2 Å². The van der Waals surface area contributed by atoms with Crippen LogP contribution in [0.3, 0.4) is 0 Å². The van der Waals surface area contributed by atoms with Crippen molar-refractivity contribution in [3.05, 3.63) is 77.7 Å². The molecule has 4 rings (SSSR count). The number of halogens is 1. The molecule has 1 aliphatic rings. The highest BCUT2D eigenvalue weighted by Gasteiger charge is 2.12. The van der Waals surface area contributed by atoms with Gasteiger partial charge < -0.3 is 15.5 Å². The summed E-state index contributed by atoms with van der Waals surface area (Å²) in [5.74, 6) is -0.207. The van der Waals surface area contributed by atoms with E-state index < -0.39 is 5.91 Å². The molecule has 2 aromatic carbocycles. The average Bonchev–Trinajstić information content (AvgIpc) is 3.29. The van der Waals surface area contributed by atoms with Crippen molar-refractivity contribution in [1.29, 1.82) is 0 Å².